The van der Waals surface area contributed by atoms with E-state index in [2.05, 4.69) is 10.3 Å². The van der Waals surface area contributed by atoms with Gasteiger partial charge in [-0.15, -0.1) is 0 Å². The van der Waals surface area contributed by atoms with Gasteiger partial charge in [-0.1, -0.05) is 32.4 Å². The van der Waals surface area contributed by atoms with Gasteiger partial charge in [0.15, 0.2) is 0 Å². The van der Waals surface area contributed by atoms with Crippen molar-refractivity contribution in [2.75, 3.05) is 24.7 Å². The molecule has 1 aromatic heterocycles. The Morgan fingerprint density at radius 1 is 1.38 bits per heavy atom. The van der Waals surface area contributed by atoms with Gasteiger partial charge in [0, 0.05) is 35.6 Å². The van der Waals surface area contributed by atoms with Crippen molar-refractivity contribution in [1.82, 2.24) is 10.3 Å². The van der Waals surface area contributed by atoms with Gasteiger partial charge < -0.3 is 10.4 Å². The standard InChI is InChI=1S/C15H23ClN2O2S/c1-15(2,3)12-9-11(10-13(16)18-12)14(20)17-5-8-21-7-4-6-19/h9-10,19H,4-8H2,1-3H3,(H,17,20). The van der Waals surface area contributed by atoms with E-state index in [4.69, 9.17) is 16.7 Å². The van der Waals surface area contributed by atoms with E-state index in [-0.39, 0.29) is 17.9 Å². The van der Waals surface area contributed by atoms with Crippen LogP contribution in [0, 0.1) is 0 Å². The van der Waals surface area contributed by atoms with Crippen LogP contribution in [0.3, 0.4) is 0 Å². The molecular weight excluding hydrogens is 308 g/mol. The molecule has 0 spiro atoms. The Labute approximate surface area is 135 Å². The maximum absolute atomic E-state index is 12.1. The molecule has 118 valence electrons. The molecule has 1 rings (SSSR count). The molecule has 21 heavy (non-hydrogen) atoms. The molecule has 0 fully saturated rings. The van der Waals surface area contributed by atoms with Crippen LogP contribution in [0.1, 0.15) is 43.2 Å². The lowest BCUT2D eigenvalue weighted by atomic mass is 9.91. The first kappa shape index (κ1) is 18.3. The Hall–Kier alpha value is -0.780. The Balaban J connectivity index is 2.56. The van der Waals surface area contributed by atoms with Crippen molar-refractivity contribution in [3.8, 4) is 0 Å². The molecular formula is C15H23ClN2O2S. The van der Waals surface area contributed by atoms with E-state index in [1.807, 2.05) is 20.8 Å². The predicted molar refractivity (Wildman–Crippen MR) is 89.3 cm³/mol. The molecule has 0 aliphatic carbocycles. The van der Waals surface area contributed by atoms with Crippen LogP contribution in [0.2, 0.25) is 5.15 Å². The first-order valence-electron chi connectivity index (χ1n) is 6.99. The van der Waals surface area contributed by atoms with Gasteiger partial charge in [-0.2, -0.15) is 11.8 Å². The maximum atomic E-state index is 12.1. The van der Waals surface area contributed by atoms with Crippen LogP contribution in [-0.4, -0.2) is 40.7 Å². The Kier molecular flexibility index (Phi) is 7.49. The van der Waals surface area contributed by atoms with E-state index in [0.29, 0.717) is 17.3 Å². The van der Waals surface area contributed by atoms with Crippen LogP contribution in [-0.2, 0) is 5.41 Å². The number of carbonyl (C=O) groups is 1. The molecule has 1 amide bonds. The van der Waals surface area contributed by atoms with Gasteiger partial charge in [0.2, 0.25) is 0 Å². The summed E-state index contributed by atoms with van der Waals surface area (Å²) in [6.45, 7) is 6.91. The molecule has 0 radical (unpaired) electrons. The van der Waals surface area contributed by atoms with Crippen molar-refractivity contribution in [2.24, 2.45) is 0 Å². The van der Waals surface area contributed by atoms with Crippen LogP contribution in [0.5, 0.6) is 0 Å². The van der Waals surface area contributed by atoms with Crippen LogP contribution < -0.4 is 5.32 Å². The molecule has 6 heteroatoms. The first-order valence-corrected chi connectivity index (χ1v) is 8.52. The number of hydrogen-bond donors (Lipinski definition) is 2. The number of carbonyl (C=O) groups excluding carboxylic acids is 1. The van der Waals surface area contributed by atoms with Crippen molar-refractivity contribution < 1.29 is 9.90 Å². The minimum atomic E-state index is -0.153. The van der Waals surface area contributed by atoms with Gasteiger partial charge >= 0.3 is 0 Å². The number of thioether (sulfide) groups is 1. The second-order valence-corrected chi connectivity index (χ2v) is 7.37. The van der Waals surface area contributed by atoms with E-state index in [9.17, 15) is 4.79 Å². The summed E-state index contributed by atoms with van der Waals surface area (Å²) >= 11 is 7.71. The van der Waals surface area contributed by atoms with Crippen molar-refractivity contribution in [1.29, 1.82) is 0 Å². The Morgan fingerprint density at radius 2 is 2.10 bits per heavy atom. The van der Waals surface area contributed by atoms with E-state index < -0.39 is 0 Å². The number of rotatable bonds is 7. The van der Waals surface area contributed by atoms with E-state index >= 15 is 0 Å². The number of halogens is 1. The number of aromatic nitrogens is 1. The summed E-state index contributed by atoms with van der Waals surface area (Å²) in [5, 5.41) is 11.9. The number of aliphatic hydroxyl groups excluding tert-OH is 1. The highest BCUT2D eigenvalue weighted by Gasteiger charge is 2.18. The molecule has 0 atom stereocenters. The fourth-order valence-corrected chi connectivity index (χ4v) is 2.61. The highest BCUT2D eigenvalue weighted by atomic mass is 35.5. The zero-order chi connectivity index (χ0) is 15.9. The summed E-state index contributed by atoms with van der Waals surface area (Å²) in [5.41, 5.74) is 1.19. The zero-order valence-electron chi connectivity index (χ0n) is 12.8. The van der Waals surface area contributed by atoms with E-state index in [1.54, 1.807) is 23.9 Å². The number of hydrogen-bond acceptors (Lipinski definition) is 4. The maximum Gasteiger partial charge on any atom is 0.251 e. The molecule has 1 aromatic rings. The van der Waals surface area contributed by atoms with E-state index in [0.717, 1.165) is 23.6 Å². The van der Waals surface area contributed by atoms with Gasteiger partial charge in [0.05, 0.1) is 0 Å². The molecule has 2 N–H and O–H groups in total. The molecule has 0 aliphatic heterocycles. The second kappa shape index (κ2) is 8.61. The lowest BCUT2D eigenvalue weighted by Crippen LogP contribution is -2.26. The number of nitrogens with one attached hydrogen (secondary N) is 1. The summed E-state index contributed by atoms with van der Waals surface area (Å²) in [5.74, 6) is 1.60. The molecule has 0 aromatic carbocycles. The van der Waals surface area contributed by atoms with Crippen molar-refractivity contribution in [3.63, 3.8) is 0 Å². The van der Waals surface area contributed by atoms with Gasteiger partial charge in [-0.05, 0) is 24.3 Å². The first-order chi connectivity index (χ1) is 9.84. The molecule has 0 bridgehead atoms. The fraction of sp³-hybridized carbons (Fsp3) is 0.600. The molecule has 0 saturated heterocycles. The van der Waals surface area contributed by atoms with Gasteiger partial charge in [-0.25, -0.2) is 4.98 Å². The third-order valence-electron chi connectivity index (χ3n) is 2.80. The molecule has 1 heterocycles. The second-order valence-electron chi connectivity index (χ2n) is 5.76. The average molecular weight is 331 g/mol. The van der Waals surface area contributed by atoms with Crippen LogP contribution in [0.25, 0.3) is 0 Å². The summed E-state index contributed by atoms with van der Waals surface area (Å²) in [6, 6.07) is 3.38. The van der Waals surface area contributed by atoms with Crippen molar-refractivity contribution in [2.45, 2.75) is 32.6 Å². The fourth-order valence-electron chi connectivity index (χ4n) is 1.62. The summed E-state index contributed by atoms with van der Waals surface area (Å²) in [4.78, 5) is 16.4. The van der Waals surface area contributed by atoms with Crippen molar-refractivity contribution >= 4 is 29.3 Å². The monoisotopic (exact) mass is 330 g/mol. The molecule has 0 unspecified atom stereocenters. The lowest BCUT2D eigenvalue weighted by molar-refractivity contribution is 0.0956. The Bertz CT molecular complexity index is 475. The highest BCUT2D eigenvalue weighted by molar-refractivity contribution is 7.99. The van der Waals surface area contributed by atoms with Gasteiger partial charge in [0.1, 0.15) is 5.15 Å². The molecule has 4 nitrogen and oxygen atoms in total. The summed E-state index contributed by atoms with van der Waals surface area (Å²) in [6.07, 6.45) is 0.785. The highest BCUT2D eigenvalue weighted by Crippen LogP contribution is 2.23. The summed E-state index contributed by atoms with van der Waals surface area (Å²) in [7, 11) is 0. The predicted octanol–water partition coefficient (Wildman–Crippen LogP) is 2.88. The largest absolute Gasteiger partial charge is 0.396 e. The van der Waals surface area contributed by atoms with Gasteiger partial charge in [-0.3, -0.25) is 4.79 Å². The topological polar surface area (TPSA) is 62.2 Å². The van der Waals surface area contributed by atoms with Crippen LogP contribution in [0.4, 0.5) is 0 Å². The normalized spacial score (nSPS) is 11.5. The zero-order valence-corrected chi connectivity index (χ0v) is 14.4. The third kappa shape index (κ3) is 6.68. The van der Waals surface area contributed by atoms with Crippen molar-refractivity contribution in [3.05, 3.63) is 28.5 Å². The smallest absolute Gasteiger partial charge is 0.251 e. The minimum Gasteiger partial charge on any atom is -0.396 e. The SMILES string of the molecule is CC(C)(C)c1cc(C(=O)NCCSCCCO)cc(Cl)n1. The number of aliphatic hydroxyl groups is 1. The van der Waals surface area contributed by atoms with Crippen LogP contribution >= 0.6 is 23.4 Å². The molecule has 0 aliphatic rings. The number of pyridine rings is 1. The molecule has 0 saturated carbocycles. The minimum absolute atomic E-state index is 0.132. The van der Waals surface area contributed by atoms with Crippen LogP contribution in [0.15, 0.2) is 12.1 Å². The average Bonchev–Trinajstić information content (AvgIpc) is 2.40. The third-order valence-corrected chi connectivity index (χ3v) is 4.07. The summed E-state index contributed by atoms with van der Waals surface area (Å²) < 4.78 is 0. The lowest BCUT2D eigenvalue weighted by Gasteiger charge is -2.18. The van der Waals surface area contributed by atoms with E-state index in [1.165, 1.54) is 0 Å². The number of nitrogens with zero attached hydrogens (tertiary/aromatic N) is 1. The number of amides is 1. The van der Waals surface area contributed by atoms with Gasteiger partial charge in [0.25, 0.3) is 5.91 Å². The Morgan fingerprint density at radius 3 is 2.71 bits per heavy atom. The quantitative estimate of drug-likeness (QED) is 0.596.